The third-order valence-electron chi connectivity index (χ3n) is 2.47. The zero-order chi connectivity index (χ0) is 10.6. The average Bonchev–Trinajstić information content (AvgIpc) is 2.20. The molecule has 2 heteroatoms. The molecule has 0 aliphatic carbocycles. The molecule has 0 saturated carbocycles. The van der Waals surface area contributed by atoms with Crippen molar-refractivity contribution in [1.29, 1.82) is 0 Å². The Morgan fingerprint density at radius 2 is 2.07 bits per heavy atom. The Bertz CT molecular complexity index is 296. The van der Waals surface area contributed by atoms with E-state index in [9.17, 15) is 5.11 Å². The van der Waals surface area contributed by atoms with E-state index in [-0.39, 0.29) is 6.04 Å². The van der Waals surface area contributed by atoms with E-state index in [1.165, 1.54) is 5.56 Å². The highest BCUT2D eigenvalue weighted by molar-refractivity contribution is 5.38. The van der Waals surface area contributed by atoms with E-state index in [1.54, 1.807) is 6.07 Å². The van der Waals surface area contributed by atoms with E-state index in [2.05, 4.69) is 6.92 Å². The smallest absolute Gasteiger partial charge is 0.120 e. The summed E-state index contributed by atoms with van der Waals surface area (Å²) in [5.74, 6) is 0.319. The van der Waals surface area contributed by atoms with Crippen molar-refractivity contribution < 1.29 is 5.11 Å². The molecule has 1 aromatic rings. The van der Waals surface area contributed by atoms with Crippen LogP contribution in [0.1, 0.15) is 43.9 Å². The summed E-state index contributed by atoms with van der Waals surface area (Å²) in [6, 6.07) is 5.68. The molecule has 0 heterocycles. The first-order valence-electron chi connectivity index (χ1n) is 5.26. The lowest BCUT2D eigenvalue weighted by atomic mass is 10.00. The summed E-state index contributed by atoms with van der Waals surface area (Å²) in [6.07, 6.45) is 3.01. The lowest BCUT2D eigenvalue weighted by molar-refractivity contribution is 0.460. The number of nitrogens with two attached hydrogens (primary N) is 1. The van der Waals surface area contributed by atoms with Gasteiger partial charge in [-0.15, -0.1) is 0 Å². The van der Waals surface area contributed by atoms with Crippen molar-refractivity contribution in [3.05, 3.63) is 29.3 Å². The summed E-state index contributed by atoms with van der Waals surface area (Å²) in [5, 5.41) is 9.62. The molecule has 0 spiro atoms. The van der Waals surface area contributed by atoms with Gasteiger partial charge >= 0.3 is 0 Å². The maximum Gasteiger partial charge on any atom is 0.120 e. The molecule has 0 bridgehead atoms. The number of hydrogen-bond acceptors (Lipinski definition) is 2. The van der Waals surface area contributed by atoms with Crippen LogP contribution >= 0.6 is 0 Å². The summed E-state index contributed by atoms with van der Waals surface area (Å²) in [4.78, 5) is 0. The molecule has 0 aliphatic rings. The fourth-order valence-corrected chi connectivity index (χ4v) is 1.57. The number of aryl methyl sites for hydroxylation is 1. The van der Waals surface area contributed by atoms with Crippen molar-refractivity contribution in [3.8, 4) is 5.75 Å². The van der Waals surface area contributed by atoms with Gasteiger partial charge in [-0.1, -0.05) is 32.4 Å². The zero-order valence-corrected chi connectivity index (χ0v) is 8.96. The van der Waals surface area contributed by atoms with Gasteiger partial charge in [-0.3, -0.25) is 0 Å². The molecule has 0 unspecified atom stereocenters. The molecule has 0 saturated heterocycles. The van der Waals surface area contributed by atoms with Crippen LogP contribution in [0.25, 0.3) is 0 Å². The van der Waals surface area contributed by atoms with Gasteiger partial charge in [-0.05, 0) is 24.5 Å². The Kier molecular flexibility index (Phi) is 3.96. The minimum absolute atomic E-state index is 0.0493. The number of benzene rings is 1. The van der Waals surface area contributed by atoms with Gasteiger partial charge in [0.2, 0.25) is 0 Å². The zero-order valence-electron chi connectivity index (χ0n) is 8.96. The number of rotatable bonds is 4. The van der Waals surface area contributed by atoms with Gasteiger partial charge in [0.05, 0.1) is 0 Å². The number of phenols is 1. The highest BCUT2D eigenvalue weighted by atomic mass is 16.3. The molecule has 1 aromatic carbocycles. The molecule has 14 heavy (non-hydrogen) atoms. The molecule has 0 amide bonds. The second kappa shape index (κ2) is 5.01. The standard InChI is InChI=1S/C12H19NO/c1-3-5-9-6-7-12(14)10(8-9)11(13)4-2/h6-8,11,14H,3-5,13H2,1-2H3/t11-/m1/s1. The van der Waals surface area contributed by atoms with Crippen LogP contribution in [0.15, 0.2) is 18.2 Å². The minimum atomic E-state index is -0.0493. The van der Waals surface area contributed by atoms with E-state index in [0.717, 1.165) is 24.8 Å². The van der Waals surface area contributed by atoms with E-state index < -0.39 is 0 Å². The second-order valence-electron chi connectivity index (χ2n) is 3.66. The number of hydrogen-bond donors (Lipinski definition) is 2. The molecule has 0 fully saturated rings. The van der Waals surface area contributed by atoms with Crippen LogP contribution in [-0.2, 0) is 6.42 Å². The van der Waals surface area contributed by atoms with Crippen LogP contribution in [0.4, 0.5) is 0 Å². The SMILES string of the molecule is CCCc1ccc(O)c([C@H](N)CC)c1. The second-order valence-corrected chi connectivity index (χ2v) is 3.66. The van der Waals surface area contributed by atoms with Crippen molar-refractivity contribution in [3.63, 3.8) is 0 Å². The highest BCUT2D eigenvalue weighted by Gasteiger charge is 2.09. The lowest BCUT2D eigenvalue weighted by Crippen LogP contribution is -2.09. The normalized spacial score (nSPS) is 12.8. The fraction of sp³-hybridized carbons (Fsp3) is 0.500. The first-order chi connectivity index (χ1) is 6.69. The predicted molar refractivity (Wildman–Crippen MR) is 59.3 cm³/mol. The monoisotopic (exact) mass is 193 g/mol. The quantitative estimate of drug-likeness (QED) is 0.772. The minimum Gasteiger partial charge on any atom is -0.508 e. The van der Waals surface area contributed by atoms with Crippen LogP contribution in [0.5, 0.6) is 5.75 Å². The van der Waals surface area contributed by atoms with Crippen LogP contribution in [0.3, 0.4) is 0 Å². The molecule has 1 rings (SSSR count). The molecule has 3 N–H and O–H groups in total. The maximum atomic E-state index is 9.62. The highest BCUT2D eigenvalue weighted by Crippen LogP contribution is 2.26. The van der Waals surface area contributed by atoms with Crippen molar-refractivity contribution in [2.24, 2.45) is 5.73 Å². The molecule has 0 radical (unpaired) electrons. The molecule has 1 atom stereocenters. The lowest BCUT2D eigenvalue weighted by Gasteiger charge is -2.12. The first-order valence-corrected chi connectivity index (χ1v) is 5.26. The summed E-state index contributed by atoms with van der Waals surface area (Å²) in [7, 11) is 0. The Morgan fingerprint density at radius 3 is 2.64 bits per heavy atom. The number of aromatic hydroxyl groups is 1. The van der Waals surface area contributed by atoms with Crippen LogP contribution in [-0.4, -0.2) is 5.11 Å². The first kappa shape index (κ1) is 11.1. The molecular formula is C12H19NO. The van der Waals surface area contributed by atoms with Gasteiger partial charge in [-0.2, -0.15) is 0 Å². The average molecular weight is 193 g/mol. The van der Waals surface area contributed by atoms with Gasteiger partial charge in [0, 0.05) is 11.6 Å². The molecule has 0 aliphatic heterocycles. The van der Waals surface area contributed by atoms with E-state index in [0.29, 0.717) is 5.75 Å². The van der Waals surface area contributed by atoms with Crippen LogP contribution in [0, 0.1) is 0 Å². The van der Waals surface area contributed by atoms with Crippen molar-refractivity contribution in [1.82, 2.24) is 0 Å². The maximum absolute atomic E-state index is 9.62. The topological polar surface area (TPSA) is 46.2 Å². The largest absolute Gasteiger partial charge is 0.508 e. The van der Waals surface area contributed by atoms with Crippen LogP contribution in [0.2, 0.25) is 0 Å². The summed E-state index contributed by atoms with van der Waals surface area (Å²) >= 11 is 0. The molecule has 78 valence electrons. The van der Waals surface area contributed by atoms with Gasteiger partial charge in [-0.25, -0.2) is 0 Å². The van der Waals surface area contributed by atoms with Gasteiger partial charge in [0.25, 0.3) is 0 Å². The Balaban J connectivity index is 2.95. The molecule has 2 nitrogen and oxygen atoms in total. The molecular weight excluding hydrogens is 174 g/mol. The van der Waals surface area contributed by atoms with Crippen LogP contribution < -0.4 is 5.73 Å². The van der Waals surface area contributed by atoms with E-state index >= 15 is 0 Å². The Morgan fingerprint density at radius 1 is 1.36 bits per heavy atom. The number of phenolic OH excluding ortho intramolecular Hbond substituents is 1. The molecule has 0 aromatic heterocycles. The summed E-state index contributed by atoms with van der Waals surface area (Å²) < 4.78 is 0. The van der Waals surface area contributed by atoms with Crippen molar-refractivity contribution >= 4 is 0 Å². The van der Waals surface area contributed by atoms with Crippen molar-refractivity contribution in [2.75, 3.05) is 0 Å². The summed E-state index contributed by atoms with van der Waals surface area (Å²) in [5.41, 5.74) is 8.03. The Labute approximate surface area is 85.8 Å². The predicted octanol–water partition coefficient (Wildman–Crippen LogP) is 2.75. The third kappa shape index (κ3) is 2.48. The fourth-order valence-electron chi connectivity index (χ4n) is 1.57. The van der Waals surface area contributed by atoms with Gasteiger partial charge in [0.1, 0.15) is 5.75 Å². The van der Waals surface area contributed by atoms with Gasteiger partial charge < -0.3 is 10.8 Å². The van der Waals surface area contributed by atoms with E-state index in [1.807, 2.05) is 19.1 Å². The van der Waals surface area contributed by atoms with Crippen molar-refractivity contribution in [2.45, 2.75) is 39.2 Å². The summed E-state index contributed by atoms with van der Waals surface area (Å²) in [6.45, 7) is 4.17. The third-order valence-corrected chi connectivity index (χ3v) is 2.47. The Hall–Kier alpha value is -1.02. The van der Waals surface area contributed by atoms with E-state index in [4.69, 9.17) is 5.73 Å². The van der Waals surface area contributed by atoms with Gasteiger partial charge in [0.15, 0.2) is 0 Å².